The van der Waals surface area contributed by atoms with E-state index in [0.717, 1.165) is 45.2 Å². The van der Waals surface area contributed by atoms with Crippen LogP contribution in [-0.2, 0) is 4.74 Å². The van der Waals surface area contributed by atoms with Crippen LogP contribution in [-0.4, -0.2) is 49.6 Å². The van der Waals surface area contributed by atoms with Gasteiger partial charge < -0.3 is 25.8 Å². The van der Waals surface area contributed by atoms with Gasteiger partial charge >= 0.3 is 12.2 Å². The Morgan fingerprint density at radius 3 is 2.31 bits per heavy atom. The predicted molar refractivity (Wildman–Crippen MR) is 100 cm³/mol. The molecule has 0 aliphatic heterocycles. The van der Waals surface area contributed by atoms with E-state index < -0.39 is 6.09 Å². The number of rotatable bonds is 10. The summed E-state index contributed by atoms with van der Waals surface area (Å²) in [6, 6.07) is 0. The number of amides is 2. The minimum atomic E-state index is -0.981. The first-order valence-electron chi connectivity index (χ1n) is 9.89. The molecular weight excluding hydrogens is 334 g/mol. The SMILES string of the molecule is CC1(C)C2CCC1(C)C(OC(=O)NCCCCNCCCNC(=O)O)C2. The molecule has 0 radical (unpaired) electrons. The van der Waals surface area contributed by atoms with Crippen LogP contribution < -0.4 is 16.0 Å². The smallest absolute Gasteiger partial charge is 0.407 e. The summed E-state index contributed by atoms with van der Waals surface area (Å²) in [5, 5.41) is 16.9. The molecule has 2 saturated carbocycles. The van der Waals surface area contributed by atoms with E-state index in [1.54, 1.807) is 0 Å². The van der Waals surface area contributed by atoms with Crippen LogP contribution in [0.5, 0.6) is 0 Å². The molecule has 2 amide bonds. The minimum Gasteiger partial charge on any atom is -0.465 e. The second-order valence-electron chi connectivity index (χ2n) is 8.47. The molecule has 26 heavy (non-hydrogen) atoms. The van der Waals surface area contributed by atoms with E-state index in [9.17, 15) is 9.59 Å². The number of alkyl carbamates (subject to hydrolysis) is 1. The fraction of sp³-hybridized carbons (Fsp3) is 0.895. The van der Waals surface area contributed by atoms with Gasteiger partial charge in [0.25, 0.3) is 0 Å². The van der Waals surface area contributed by atoms with E-state index in [0.29, 0.717) is 19.0 Å². The van der Waals surface area contributed by atoms with Crippen LogP contribution in [0.4, 0.5) is 9.59 Å². The van der Waals surface area contributed by atoms with Crippen molar-refractivity contribution in [1.29, 1.82) is 0 Å². The van der Waals surface area contributed by atoms with E-state index in [-0.39, 0.29) is 23.0 Å². The van der Waals surface area contributed by atoms with E-state index in [4.69, 9.17) is 9.84 Å². The monoisotopic (exact) mass is 369 g/mol. The molecule has 2 rings (SSSR count). The van der Waals surface area contributed by atoms with Crippen molar-refractivity contribution in [2.45, 2.75) is 65.4 Å². The lowest BCUT2D eigenvalue weighted by molar-refractivity contribution is -0.00415. The summed E-state index contributed by atoms with van der Waals surface area (Å²) in [6.45, 7) is 9.64. The highest BCUT2D eigenvalue weighted by molar-refractivity contribution is 5.67. The zero-order valence-electron chi connectivity index (χ0n) is 16.4. The number of hydrogen-bond acceptors (Lipinski definition) is 4. The first-order valence-corrected chi connectivity index (χ1v) is 9.89. The molecular formula is C19H35N3O4. The molecule has 0 heterocycles. The van der Waals surface area contributed by atoms with Crippen LogP contribution in [0.2, 0.25) is 0 Å². The van der Waals surface area contributed by atoms with Crippen LogP contribution in [0.25, 0.3) is 0 Å². The van der Waals surface area contributed by atoms with Gasteiger partial charge in [-0.3, -0.25) is 0 Å². The number of carbonyl (C=O) groups is 2. The van der Waals surface area contributed by atoms with E-state index >= 15 is 0 Å². The minimum absolute atomic E-state index is 0.0392. The zero-order chi connectivity index (χ0) is 19.2. The molecule has 7 nitrogen and oxygen atoms in total. The van der Waals surface area contributed by atoms with Gasteiger partial charge in [0.15, 0.2) is 0 Å². The topological polar surface area (TPSA) is 99.7 Å². The molecule has 0 spiro atoms. The Morgan fingerprint density at radius 2 is 1.69 bits per heavy atom. The molecule has 2 bridgehead atoms. The predicted octanol–water partition coefficient (Wildman–Crippen LogP) is 2.95. The van der Waals surface area contributed by atoms with Gasteiger partial charge in [-0.05, 0) is 62.9 Å². The quantitative estimate of drug-likeness (QED) is 0.444. The van der Waals surface area contributed by atoms with Crippen molar-refractivity contribution in [3.63, 3.8) is 0 Å². The van der Waals surface area contributed by atoms with Crippen molar-refractivity contribution in [2.75, 3.05) is 26.2 Å². The van der Waals surface area contributed by atoms with Crippen LogP contribution >= 0.6 is 0 Å². The van der Waals surface area contributed by atoms with Gasteiger partial charge in [-0.15, -0.1) is 0 Å². The van der Waals surface area contributed by atoms with Crippen molar-refractivity contribution >= 4 is 12.2 Å². The first-order chi connectivity index (χ1) is 12.3. The summed E-state index contributed by atoms with van der Waals surface area (Å²) in [7, 11) is 0. The summed E-state index contributed by atoms with van der Waals surface area (Å²) in [5.74, 6) is 0.669. The summed E-state index contributed by atoms with van der Waals surface area (Å²) in [6.07, 6.45) is 4.80. The lowest BCUT2D eigenvalue weighted by Crippen LogP contribution is -2.40. The Kier molecular flexibility index (Phi) is 7.15. The molecule has 3 atom stereocenters. The lowest BCUT2D eigenvalue weighted by Gasteiger charge is -2.38. The molecule has 0 aromatic heterocycles. The normalized spacial score (nSPS) is 28.7. The van der Waals surface area contributed by atoms with Gasteiger partial charge in [0.1, 0.15) is 6.10 Å². The number of hydrogen-bond donors (Lipinski definition) is 4. The Bertz CT molecular complexity index is 497. The van der Waals surface area contributed by atoms with E-state index in [1.165, 1.54) is 6.42 Å². The molecule has 0 saturated heterocycles. The largest absolute Gasteiger partial charge is 0.465 e. The third-order valence-electron chi connectivity index (χ3n) is 6.82. The van der Waals surface area contributed by atoms with Gasteiger partial charge in [-0.1, -0.05) is 20.8 Å². The molecule has 150 valence electrons. The molecule has 0 aromatic rings. The number of ether oxygens (including phenoxy) is 1. The van der Waals surface area contributed by atoms with E-state index in [1.807, 2.05) is 0 Å². The third kappa shape index (κ3) is 4.81. The third-order valence-corrected chi connectivity index (χ3v) is 6.82. The zero-order valence-corrected chi connectivity index (χ0v) is 16.4. The molecule has 7 heteroatoms. The van der Waals surface area contributed by atoms with Crippen molar-refractivity contribution in [2.24, 2.45) is 16.7 Å². The van der Waals surface area contributed by atoms with Crippen molar-refractivity contribution in [1.82, 2.24) is 16.0 Å². The maximum atomic E-state index is 12.1. The summed E-state index contributed by atoms with van der Waals surface area (Å²) in [4.78, 5) is 22.4. The van der Waals surface area contributed by atoms with Gasteiger partial charge in [0, 0.05) is 18.5 Å². The summed E-state index contributed by atoms with van der Waals surface area (Å²) in [5.41, 5.74) is 0.359. The molecule has 4 N–H and O–H groups in total. The number of fused-ring (bicyclic) bond motifs is 2. The van der Waals surface area contributed by atoms with Gasteiger partial charge in [-0.2, -0.15) is 0 Å². The fourth-order valence-electron chi connectivity index (χ4n) is 4.58. The Morgan fingerprint density at radius 1 is 1.04 bits per heavy atom. The van der Waals surface area contributed by atoms with Gasteiger partial charge in [-0.25, -0.2) is 9.59 Å². The molecule has 2 fully saturated rings. The molecule has 2 aliphatic rings. The standard InChI is InChI=1S/C19H35N3O4/c1-18(2)14-7-8-19(18,3)15(13-14)26-17(25)22-11-5-4-9-20-10-6-12-21-16(23)24/h14-15,20-21H,4-13H2,1-3H3,(H,22,25)(H,23,24). The Labute approximate surface area is 156 Å². The van der Waals surface area contributed by atoms with Crippen molar-refractivity contribution in [3.05, 3.63) is 0 Å². The van der Waals surface area contributed by atoms with Crippen LogP contribution in [0, 0.1) is 16.7 Å². The molecule has 2 aliphatic carbocycles. The van der Waals surface area contributed by atoms with Crippen LogP contribution in [0.15, 0.2) is 0 Å². The average molecular weight is 370 g/mol. The highest BCUT2D eigenvalue weighted by Gasteiger charge is 2.62. The number of carboxylic acid groups (broad SMARTS) is 1. The lowest BCUT2D eigenvalue weighted by atomic mass is 9.70. The van der Waals surface area contributed by atoms with Crippen LogP contribution in [0.1, 0.15) is 59.3 Å². The first kappa shape index (κ1) is 20.8. The Balaban J connectivity index is 1.50. The number of unbranched alkanes of at least 4 members (excludes halogenated alkanes) is 1. The van der Waals surface area contributed by atoms with Crippen molar-refractivity contribution < 1.29 is 19.4 Å². The number of nitrogens with one attached hydrogen (secondary N) is 3. The van der Waals surface area contributed by atoms with E-state index in [2.05, 4.69) is 36.7 Å². The highest BCUT2D eigenvalue weighted by atomic mass is 16.6. The van der Waals surface area contributed by atoms with Gasteiger partial charge in [0.05, 0.1) is 0 Å². The highest BCUT2D eigenvalue weighted by Crippen LogP contribution is 2.66. The summed E-state index contributed by atoms with van der Waals surface area (Å²) >= 11 is 0. The Hall–Kier alpha value is -1.50. The summed E-state index contributed by atoms with van der Waals surface area (Å²) < 4.78 is 5.75. The maximum absolute atomic E-state index is 12.1. The van der Waals surface area contributed by atoms with Crippen molar-refractivity contribution in [3.8, 4) is 0 Å². The van der Waals surface area contributed by atoms with Crippen LogP contribution in [0.3, 0.4) is 0 Å². The second-order valence-corrected chi connectivity index (χ2v) is 8.47. The fourth-order valence-corrected chi connectivity index (χ4v) is 4.58. The maximum Gasteiger partial charge on any atom is 0.407 e. The average Bonchev–Trinajstić information content (AvgIpc) is 2.89. The second kappa shape index (κ2) is 8.93. The van der Waals surface area contributed by atoms with Gasteiger partial charge in [0.2, 0.25) is 0 Å². The molecule has 3 unspecified atom stereocenters. The number of carbonyl (C=O) groups excluding carboxylic acids is 1. The molecule has 0 aromatic carbocycles.